The minimum atomic E-state index is -0.0637. The van der Waals surface area contributed by atoms with Gasteiger partial charge in [-0.25, -0.2) is 0 Å². The topological polar surface area (TPSA) is 72.7 Å². The van der Waals surface area contributed by atoms with Crippen LogP contribution < -0.4 is 19.1 Å². The highest BCUT2D eigenvalue weighted by Gasteiger charge is 2.31. The van der Waals surface area contributed by atoms with Gasteiger partial charge < -0.3 is 14.2 Å². The Bertz CT molecular complexity index is 914. The van der Waals surface area contributed by atoms with Crippen molar-refractivity contribution < 1.29 is 19.0 Å². The number of anilines is 1. The van der Waals surface area contributed by atoms with Gasteiger partial charge in [0.05, 0.1) is 38.5 Å². The molecule has 2 aromatic carbocycles. The van der Waals surface area contributed by atoms with Crippen LogP contribution in [0.4, 0.5) is 5.69 Å². The monoisotopic (exact) mass is 399 g/mol. The maximum Gasteiger partial charge on any atom is 0.243 e. The highest BCUT2D eigenvalue weighted by atomic mass is 32.2. The van der Waals surface area contributed by atoms with Gasteiger partial charge in [0.15, 0.2) is 16.7 Å². The first-order chi connectivity index (χ1) is 13.7. The van der Waals surface area contributed by atoms with E-state index >= 15 is 0 Å². The van der Waals surface area contributed by atoms with Crippen LogP contribution in [0.2, 0.25) is 0 Å². The van der Waals surface area contributed by atoms with Gasteiger partial charge in [-0.15, -0.1) is 5.10 Å². The third-order valence-corrected chi connectivity index (χ3v) is 4.84. The van der Waals surface area contributed by atoms with E-state index in [0.29, 0.717) is 40.5 Å². The first-order valence-corrected chi connectivity index (χ1v) is 9.67. The zero-order chi connectivity index (χ0) is 19.9. The number of rotatable bonds is 7. The van der Waals surface area contributed by atoms with E-state index < -0.39 is 0 Å². The highest BCUT2D eigenvalue weighted by molar-refractivity contribution is 8.15. The highest BCUT2D eigenvalue weighted by Crippen LogP contribution is 2.34. The Balaban J connectivity index is 1.83. The lowest BCUT2D eigenvalue weighted by molar-refractivity contribution is -0.115. The number of ether oxygens (including phenoxy) is 3. The average molecular weight is 399 g/mol. The number of carbonyl (C=O) groups excluding carboxylic acids is 1. The van der Waals surface area contributed by atoms with Crippen LogP contribution in [0.25, 0.3) is 0 Å². The van der Waals surface area contributed by atoms with Gasteiger partial charge in [0, 0.05) is 0 Å². The molecule has 7 nitrogen and oxygen atoms in total. The smallest absolute Gasteiger partial charge is 0.243 e. The molecule has 2 aromatic rings. The van der Waals surface area contributed by atoms with Crippen LogP contribution in [-0.4, -0.2) is 43.9 Å². The van der Waals surface area contributed by atoms with Crippen molar-refractivity contribution in [1.29, 1.82) is 0 Å². The largest absolute Gasteiger partial charge is 0.495 e. The second kappa shape index (κ2) is 9.27. The summed E-state index contributed by atoms with van der Waals surface area (Å²) >= 11 is 1.34. The van der Waals surface area contributed by atoms with Crippen molar-refractivity contribution in [2.24, 2.45) is 10.2 Å². The quantitative estimate of drug-likeness (QED) is 0.526. The molecule has 1 aliphatic heterocycles. The van der Waals surface area contributed by atoms with Gasteiger partial charge in [0.25, 0.3) is 0 Å². The van der Waals surface area contributed by atoms with Gasteiger partial charge in [-0.05, 0) is 42.8 Å². The minimum absolute atomic E-state index is 0.0637. The van der Waals surface area contributed by atoms with Crippen LogP contribution in [0.5, 0.6) is 17.2 Å². The molecule has 28 heavy (non-hydrogen) atoms. The molecule has 0 aromatic heterocycles. The molecule has 0 radical (unpaired) electrons. The fourth-order valence-electron chi connectivity index (χ4n) is 2.67. The third-order valence-electron chi connectivity index (χ3n) is 3.93. The standard InChI is InChI=1S/C20H21N3O4S/c1-4-27-17-10-9-14(11-18(17)26-3)12-21-22-20-23(19(24)13-28-20)15-7-5-6-8-16(15)25-2/h5-12H,4,13H2,1-3H3/b21-12+,22-20-. The molecule has 0 bridgehead atoms. The van der Waals surface area contributed by atoms with Crippen molar-refractivity contribution >= 4 is 34.7 Å². The van der Waals surface area contributed by atoms with E-state index in [2.05, 4.69) is 10.2 Å². The summed E-state index contributed by atoms with van der Waals surface area (Å²) in [6.45, 7) is 2.47. The van der Waals surface area contributed by atoms with Crippen molar-refractivity contribution in [1.82, 2.24) is 0 Å². The SMILES string of the molecule is CCOc1ccc(/C=N/N=C2\SCC(=O)N2c2ccccc2OC)cc1OC. The summed E-state index contributed by atoms with van der Waals surface area (Å²) in [5, 5.41) is 8.90. The molecule has 0 spiro atoms. The summed E-state index contributed by atoms with van der Waals surface area (Å²) in [7, 11) is 3.16. The molecule has 1 fully saturated rings. The lowest BCUT2D eigenvalue weighted by Crippen LogP contribution is -2.29. The molecule has 3 rings (SSSR count). The number of hydrogen-bond donors (Lipinski definition) is 0. The Labute approximate surface area is 168 Å². The number of hydrogen-bond acceptors (Lipinski definition) is 7. The Morgan fingerprint density at radius 2 is 1.89 bits per heavy atom. The fourth-order valence-corrected chi connectivity index (χ4v) is 3.49. The number of benzene rings is 2. The summed E-state index contributed by atoms with van der Waals surface area (Å²) in [5.74, 6) is 2.15. The van der Waals surface area contributed by atoms with E-state index in [1.54, 1.807) is 26.5 Å². The molecule has 0 aliphatic carbocycles. The molecule has 146 valence electrons. The number of thioether (sulfide) groups is 1. The molecular weight excluding hydrogens is 378 g/mol. The fraction of sp³-hybridized carbons (Fsp3) is 0.250. The molecular formula is C20H21N3O4S. The summed E-state index contributed by atoms with van der Waals surface area (Å²) in [6.07, 6.45) is 1.61. The summed E-state index contributed by atoms with van der Waals surface area (Å²) in [6, 6.07) is 12.8. The van der Waals surface area contributed by atoms with E-state index in [1.165, 1.54) is 16.7 Å². The van der Waals surface area contributed by atoms with Crippen LogP contribution in [0.3, 0.4) is 0 Å². The second-order valence-corrected chi connectivity index (χ2v) is 6.60. The Morgan fingerprint density at radius 3 is 2.64 bits per heavy atom. The number of carbonyl (C=O) groups is 1. The molecule has 1 heterocycles. The van der Waals surface area contributed by atoms with Crippen molar-refractivity contribution in [3.8, 4) is 17.2 Å². The van der Waals surface area contributed by atoms with Crippen molar-refractivity contribution in [3.63, 3.8) is 0 Å². The summed E-state index contributed by atoms with van der Waals surface area (Å²) < 4.78 is 16.2. The number of para-hydroxylation sites is 2. The molecule has 1 saturated heterocycles. The van der Waals surface area contributed by atoms with Gasteiger partial charge >= 0.3 is 0 Å². The van der Waals surface area contributed by atoms with Crippen molar-refractivity contribution in [3.05, 3.63) is 48.0 Å². The summed E-state index contributed by atoms with van der Waals surface area (Å²) in [4.78, 5) is 13.9. The van der Waals surface area contributed by atoms with E-state index in [9.17, 15) is 4.79 Å². The van der Waals surface area contributed by atoms with E-state index in [0.717, 1.165) is 5.56 Å². The molecule has 1 amide bonds. The number of amides is 1. The lowest BCUT2D eigenvalue weighted by atomic mass is 10.2. The van der Waals surface area contributed by atoms with E-state index in [1.807, 2.05) is 43.3 Å². The van der Waals surface area contributed by atoms with E-state index in [4.69, 9.17) is 14.2 Å². The van der Waals surface area contributed by atoms with Crippen molar-refractivity contribution in [2.75, 3.05) is 31.5 Å². The van der Waals surface area contributed by atoms with Gasteiger partial charge in [-0.3, -0.25) is 9.69 Å². The average Bonchev–Trinajstić information content (AvgIpc) is 3.09. The first kappa shape index (κ1) is 19.8. The van der Waals surface area contributed by atoms with E-state index in [-0.39, 0.29) is 5.91 Å². The lowest BCUT2D eigenvalue weighted by Gasteiger charge is -2.17. The van der Waals surface area contributed by atoms with Gasteiger partial charge in [-0.1, -0.05) is 23.9 Å². The minimum Gasteiger partial charge on any atom is -0.495 e. The van der Waals surface area contributed by atoms with Gasteiger partial charge in [-0.2, -0.15) is 5.10 Å². The maximum atomic E-state index is 12.4. The van der Waals surface area contributed by atoms with Crippen LogP contribution in [0.1, 0.15) is 12.5 Å². The number of nitrogens with zero attached hydrogens (tertiary/aromatic N) is 3. The Kier molecular flexibility index (Phi) is 6.54. The molecule has 0 N–H and O–H groups in total. The number of amidine groups is 1. The van der Waals surface area contributed by atoms with Crippen molar-refractivity contribution in [2.45, 2.75) is 6.92 Å². The zero-order valence-electron chi connectivity index (χ0n) is 15.9. The first-order valence-electron chi connectivity index (χ1n) is 8.68. The van der Waals surface area contributed by atoms with Crippen LogP contribution >= 0.6 is 11.8 Å². The van der Waals surface area contributed by atoms with Crippen LogP contribution in [0, 0.1) is 0 Å². The number of methoxy groups -OCH3 is 2. The molecule has 0 atom stereocenters. The molecule has 0 saturated carbocycles. The Hall–Kier alpha value is -3.00. The predicted molar refractivity (Wildman–Crippen MR) is 112 cm³/mol. The Morgan fingerprint density at radius 1 is 1.11 bits per heavy atom. The molecule has 0 unspecified atom stereocenters. The van der Waals surface area contributed by atoms with Crippen LogP contribution in [0.15, 0.2) is 52.7 Å². The normalized spacial score (nSPS) is 15.5. The maximum absolute atomic E-state index is 12.4. The second-order valence-electron chi connectivity index (χ2n) is 5.66. The predicted octanol–water partition coefficient (Wildman–Crippen LogP) is 3.57. The third kappa shape index (κ3) is 4.28. The molecule has 1 aliphatic rings. The van der Waals surface area contributed by atoms with Gasteiger partial charge in [0.2, 0.25) is 5.91 Å². The zero-order valence-corrected chi connectivity index (χ0v) is 16.7. The van der Waals surface area contributed by atoms with Gasteiger partial charge in [0.1, 0.15) is 5.75 Å². The molecule has 8 heteroatoms. The summed E-state index contributed by atoms with van der Waals surface area (Å²) in [5.41, 5.74) is 1.46. The van der Waals surface area contributed by atoms with Crippen LogP contribution in [-0.2, 0) is 4.79 Å².